The Morgan fingerprint density at radius 3 is 2.56 bits per heavy atom. The highest BCUT2D eigenvalue weighted by molar-refractivity contribution is 7.17. The summed E-state index contributed by atoms with van der Waals surface area (Å²) in [6.07, 6.45) is 8.96. The molecule has 180 valence electrons. The number of hydrogen-bond acceptors (Lipinski definition) is 7. The van der Waals surface area contributed by atoms with E-state index in [0.717, 1.165) is 29.7 Å². The Kier molecular flexibility index (Phi) is 9.32. The van der Waals surface area contributed by atoms with Crippen LogP contribution < -0.4 is 11.1 Å². The number of hydrogen-bond donors (Lipinski definition) is 4. The number of carbonyl (C=O) groups excluding carboxylic acids is 1. The van der Waals surface area contributed by atoms with Crippen molar-refractivity contribution in [2.75, 3.05) is 12.8 Å². The molecule has 3 aromatic heterocycles. The Balaban J connectivity index is 0.000000161. The maximum atomic E-state index is 13.6. The SMILES string of the molecule is CNC(=O)c1ncc(Cl)s1.Nc1cc2nc(-c3ccccc3F)[nH]c2cn1.OC1CCCCC1. The Bertz CT molecular complexity index is 1230. The fraction of sp³-hybridized carbons (Fsp3) is 0.304. The summed E-state index contributed by atoms with van der Waals surface area (Å²) in [6.45, 7) is 0. The zero-order valence-corrected chi connectivity index (χ0v) is 20.2. The van der Waals surface area contributed by atoms with Crippen molar-refractivity contribution in [2.45, 2.75) is 38.2 Å². The molecule has 5 rings (SSSR count). The predicted octanol–water partition coefficient (Wildman–Crippen LogP) is 4.81. The van der Waals surface area contributed by atoms with Crippen LogP contribution >= 0.6 is 22.9 Å². The molecule has 0 spiro atoms. The van der Waals surface area contributed by atoms with E-state index in [2.05, 4.69) is 25.3 Å². The van der Waals surface area contributed by atoms with Gasteiger partial charge in [0.2, 0.25) is 0 Å². The minimum atomic E-state index is -0.313. The number of pyridine rings is 1. The molecule has 4 aromatic rings. The van der Waals surface area contributed by atoms with E-state index in [1.165, 1.54) is 31.5 Å². The first-order valence-corrected chi connectivity index (χ1v) is 11.9. The normalized spacial score (nSPS) is 13.4. The first-order valence-electron chi connectivity index (χ1n) is 10.7. The van der Waals surface area contributed by atoms with Gasteiger partial charge in [0, 0.05) is 13.1 Å². The molecular weight excluding hydrogens is 479 g/mol. The molecule has 1 fully saturated rings. The molecule has 34 heavy (non-hydrogen) atoms. The standard InChI is InChI=1S/C12H9FN4.C6H12O.C5H5ClN2OS/c13-8-4-2-1-3-7(8)12-16-9-5-11(14)15-6-10(9)17-12;7-6-4-2-1-3-5-6;1-7-4(9)5-8-2-3(6)10-5/h1-6H,(H2,14,15)(H,16,17);6-7H,1-5H2;2H,1H3,(H,7,9). The molecule has 8 nitrogen and oxygen atoms in total. The zero-order valence-electron chi connectivity index (χ0n) is 18.6. The number of amides is 1. The molecule has 0 saturated heterocycles. The van der Waals surface area contributed by atoms with E-state index in [1.54, 1.807) is 37.5 Å². The van der Waals surface area contributed by atoms with Gasteiger partial charge in [0.25, 0.3) is 5.91 Å². The van der Waals surface area contributed by atoms with Gasteiger partial charge >= 0.3 is 0 Å². The number of imidazole rings is 1. The fourth-order valence-corrected chi connectivity index (χ4v) is 4.11. The van der Waals surface area contributed by atoms with Crippen LogP contribution in [0.3, 0.4) is 0 Å². The van der Waals surface area contributed by atoms with Crippen molar-refractivity contribution in [3.63, 3.8) is 0 Å². The first kappa shape index (κ1) is 25.5. The molecule has 0 bridgehead atoms. The number of nitrogens with two attached hydrogens (primary N) is 1. The fourth-order valence-electron chi connectivity index (χ4n) is 3.25. The molecular formula is C23H26ClFN6O2S. The second kappa shape index (κ2) is 12.4. The second-order valence-corrected chi connectivity index (χ2v) is 9.19. The molecule has 0 aliphatic heterocycles. The van der Waals surface area contributed by atoms with Gasteiger partial charge < -0.3 is 21.1 Å². The van der Waals surface area contributed by atoms with Crippen LogP contribution in [0.2, 0.25) is 4.34 Å². The van der Waals surface area contributed by atoms with E-state index >= 15 is 0 Å². The van der Waals surface area contributed by atoms with Gasteiger partial charge in [-0.2, -0.15) is 0 Å². The average molecular weight is 505 g/mol. The van der Waals surface area contributed by atoms with Gasteiger partial charge in [0.1, 0.15) is 21.8 Å². The van der Waals surface area contributed by atoms with Crippen LogP contribution in [0, 0.1) is 5.82 Å². The highest BCUT2D eigenvalue weighted by Gasteiger charge is 2.10. The molecule has 1 aromatic carbocycles. The van der Waals surface area contributed by atoms with Crippen molar-refractivity contribution >= 4 is 45.7 Å². The van der Waals surface area contributed by atoms with Crippen molar-refractivity contribution < 1.29 is 14.3 Å². The minimum Gasteiger partial charge on any atom is -0.393 e. The number of aliphatic hydroxyl groups is 1. The summed E-state index contributed by atoms with van der Waals surface area (Å²) >= 11 is 6.70. The molecule has 1 amide bonds. The Hall–Kier alpha value is -3.08. The van der Waals surface area contributed by atoms with Gasteiger partial charge in [-0.05, 0) is 25.0 Å². The largest absolute Gasteiger partial charge is 0.393 e. The summed E-state index contributed by atoms with van der Waals surface area (Å²) in [5.74, 6) is 0.360. The Labute approximate surface area is 205 Å². The van der Waals surface area contributed by atoms with Gasteiger partial charge in [-0.1, -0.05) is 54.3 Å². The quantitative estimate of drug-likeness (QED) is 0.310. The summed E-state index contributed by atoms with van der Waals surface area (Å²) in [5.41, 5.74) is 7.41. The third-order valence-electron chi connectivity index (χ3n) is 4.99. The highest BCUT2D eigenvalue weighted by Crippen LogP contribution is 2.23. The van der Waals surface area contributed by atoms with Gasteiger partial charge in [0.05, 0.1) is 35.1 Å². The van der Waals surface area contributed by atoms with Gasteiger partial charge in [-0.3, -0.25) is 4.79 Å². The summed E-state index contributed by atoms with van der Waals surface area (Å²) < 4.78 is 14.1. The van der Waals surface area contributed by atoms with E-state index < -0.39 is 0 Å². The number of nitrogens with zero attached hydrogens (tertiary/aromatic N) is 3. The molecule has 1 aliphatic rings. The van der Waals surface area contributed by atoms with Crippen LogP contribution in [0.4, 0.5) is 10.2 Å². The lowest BCUT2D eigenvalue weighted by molar-refractivity contribution is 0.0962. The molecule has 1 aliphatic carbocycles. The third kappa shape index (κ3) is 7.21. The number of aliphatic hydroxyl groups excluding tert-OH is 1. The number of benzene rings is 1. The zero-order chi connectivity index (χ0) is 24.5. The highest BCUT2D eigenvalue weighted by atomic mass is 35.5. The Morgan fingerprint density at radius 2 is 1.97 bits per heavy atom. The molecule has 0 unspecified atom stereocenters. The summed E-state index contributed by atoms with van der Waals surface area (Å²) in [4.78, 5) is 25.8. The van der Waals surface area contributed by atoms with Crippen LogP contribution in [0.1, 0.15) is 41.9 Å². The molecule has 3 heterocycles. The summed E-state index contributed by atoms with van der Waals surface area (Å²) in [6, 6.07) is 8.12. The van der Waals surface area contributed by atoms with E-state index in [9.17, 15) is 9.18 Å². The number of rotatable bonds is 2. The van der Waals surface area contributed by atoms with Crippen molar-refractivity contribution in [3.05, 3.63) is 57.9 Å². The van der Waals surface area contributed by atoms with E-state index in [0.29, 0.717) is 32.1 Å². The van der Waals surface area contributed by atoms with Crippen molar-refractivity contribution in [3.8, 4) is 11.4 Å². The molecule has 5 N–H and O–H groups in total. The molecule has 11 heteroatoms. The number of aromatic nitrogens is 4. The number of anilines is 1. The second-order valence-electron chi connectivity index (χ2n) is 7.53. The van der Waals surface area contributed by atoms with E-state index in [4.69, 9.17) is 22.4 Å². The first-order chi connectivity index (χ1) is 16.4. The number of aromatic amines is 1. The Morgan fingerprint density at radius 1 is 1.24 bits per heavy atom. The number of carbonyl (C=O) groups is 1. The number of nitrogen functional groups attached to an aromatic ring is 1. The maximum Gasteiger partial charge on any atom is 0.280 e. The third-order valence-corrected chi connectivity index (χ3v) is 6.10. The van der Waals surface area contributed by atoms with Gasteiger partial charge in [-0.15, -0.1) is 0 Å². The van der Waals surface area contributed by atoms with Crippen molar-refractivity contribution in [2.24, 2.45) is 0 Å². The predicted molar refractivity (Wildman–Crippen MR) is 133 cm³/mol. The summed E-state index contributed by atoms with van der Waals surface area (Å²) in [7, 11) is 1.55. The van der Waals surface area contributed by atoms with Crippen molar-refractivity contribution in [1.82, 2.24) is 25.3 Å². The van der Waals surface area contributed by atoms with E-state index in [1.807, 2.05) is 0 Å². The summed E-state index contributed by atoms with van der Waals surface area (Å²) in [5, 5.41) is 11.7. The maximum absolute atomic E-state index is 13.6. The van der Waals surface area contributed by atoms with E-state index in [-0.39, 0.29) is 17.8 Å². The lowest BCUT2D eigenvalue weighted by Crippen LogP contribution is -2.17. The smallest absolute Gasteiger partial charge is 0.280 e. The number of thiazole rings is 1. The van der Waals surface area contributed by atoms with Crippen LogP contribution in [-0.4, -0.2) is 44.1 Å². The monoisotopic (exact) mass is 504 g/mol. The molecule has 0 atom stereocenters. The number of halogens is 2. The average Bonchev–Trinajstić information content (AvgIpc) is 3.46. The molecule has 0 radical (unpaired) electrons. The number of nitrogens with one attached hydrogen (secondary N) is 2. The van der Waals surface area contributed by atoms with Gasteiger partial charge in [-0.25, -0.2) is 19.3 Å². The van der Waals surface area contributed by atoms with Crippen molar-refractivity contribution in [1.29, 1.82) is 0 Å². The molecule has 1 saturated carbocycles. The lowest BCUT2D eigenvalue weighted by atomic mass is 9.98. The lowest BCUT2D eigenvalue weighted by Gasteiger charge is -2.14. The van der Waals surface area contributed by atoms with Crippen LogP contribution in [0.5, 0.6) is 0 Å². The van der Waals surface area contributed by atoms with Crippen LogP contribution in [-0.2, 0) is 0 Å². The van der Waals surface area contributed by atoms with Crippen LogP contribution in [0.15, 0.2) is 42.7 Å². The number of fused-ring (bicyclic) bond motifs is 1. The topological polar surface area (TPSA) is 130 Å². The minimum absolute atomic E-state index is 0.0359. The number of H-pyrrole nitrogens is 1. The van der Waals surface area contributed by atoms with Crippen LogP contribution in [0.25, 0.3) is 22.4 Å². The van der Waals surface area contributed by atoms with Gasteiger partial charge in [0.15, 0.2) is 5.01 Å².